The molecule has 2 saturated carbocycles. The van der Waals surface area contributed by atoms with Gasteiger partial charge in [0.2, 0.25) is 21.8 Å². The molecule has 1 aromatic heterocycles. The summed E-state index contributed by atoms with van der Waals surface area (Å²) in [5.41, 5.74) is -1.57. The second-order valence-electron chi connectivity index (χ2n) is 14.5. The van der Waals surface area contributed by atoms with Gasteiger partial charge in [-0.3, -0.25) is 19.1 Å². The van der Waals surface area contributed by atoms with Crippen molar-refractivity contribution in [2.24, 2.45) is 5.92 Å². The van der Waals surface area contributed by atoms with E-state index >= 15 is 0 Å². The maximum absolute atomic E-state index is 14.3. The number of hydrogen-bond acceptors (Lipinski definition) is 11. The molecule has 0 bridgehead atoms. The fraction of sp³-hybridized carbons (Fsp3) is 0.618. The summed E-state index contributed by atoms with van der Waals surface area (Å²) in [7, 11) is -2.30. The van der Waals surface area contributed by atoms with E-state index in [9.17, 15) is 27.6 Å². The van der Waals surface area contributed by atoms with E-state index in [4.69, 9.17) is 14.2 Å². The van der Waals surface area contributed by atoms with Gasteiger partial charge in [-0.25, -0.2) is 18.2 Å². The molecule has 0 unspecified atom stereocenters. The lowest BCUT2D eigenvalue weighted by atomic mass is 10.0. The van der Waals surface area contributed by atoms with Crippen LogP contribution in [-0.4, -0.2) is 90.3 Å². The number of fused-ring (bicyclic) bond motifs is 3. The van der Waals surface area contributed by atoms with Gasteiger partial charge >= 0.3 is 6.09 Å². The van der Waals surface area contributed by atoms with Crippen molar-refractivity contribution in [3.63, 3.8) is 0 Å². The molecule has 3 heterocycles. The molecule has 272 valence electrons. The average Bonchev–Trinajstić information content (AvgIpc) is 3.93. The summed E-state index contributed by atoms with van der Waals surface area (Å²) >= 11 is 1.30. The van der Waals surface area contributed by atoms with Gasteiger partial charge in [0.1, 0.15) is 35.1 Å². The number of rotatable bonds is 7. The minimum absolute atomic E-state index is 0.0151. The summed E-state index contributed by atoms with van der Waals surface area (Å²) in [5.74, 6) is -1.62. The number of amides is 4. The number of nitrogens with zero attached hydrogens (tertiary/aromatic N) is 2. The predicted molar refractivity (Wildman–Crippen MR) is 185 cm³/mol. The standard InChI is InChI=1S/C34H45N5O9S2/c1-33(2,3)48-31(43)35-25-11-9-7-5-6-8-10-20-18-34(20,30(42)38-50(44,45)23-13-14-23)37-28(40)26-16-22(19-39(26)29(25)41)47-32-36-24-15-12-21(46-4)17-27(24)49-32/h8,10,12,15,17,20,22-23,25-26H,5-7,9,11,13-14,16,18-19H2,1-4H3,(H,35,43)(H,37,40)(H,38,42)/b10-8-/t20-,22+,25-,26-,34+/m0/s1. The molecule has 1 saturated heterocycles. The van der Waals surface area contributed by atoms with Gasteiger partial charge in [-0.2, -0.15) is 0 Å². The van der Waals surface area contributed by atoms with Gasteiger partial charge in [0.25, 0.3) is 11.1 Å². The number of ether oxygens (including phenoxy) is 3. The number of carbonyl (C=O) groups is 4. The van der Waals surface area contributed by atoms with Crippen LogP contribution in [0.4, 0.5) is 4.79 Å². The van der Waals surface area contributed by atoms with Crippen LogP contribution in [0.15, 0.2) is 30.4 Å². The summed E-state index contributed by atoms with van der Waals surface area (Å²) in [6.45, 7) is 5.20. The van der Waals surface area contributed by atoms with Gasteiger partial charge < -0.3 is 29.7 Å². The Morgan fingerprint density at radius 2 is 1.90 bits per heavy atom. The highest BCUT2D eigenvalue weighted by Gasteiger charge is 2.62. The first-order chi connectivity index (χ1) is 23.7. The van der Waals surface area contributed by atoms with E-state index in [2.05, 4.69) is 20.3 Å². The highest BCUT2D eigenvalue weighted by molar-refractivity contribution is 7.91. The summed E-state index contributed by atoms with van der Waals surface area (Å²) in [6.07, 6.45) is 6.91. The average molecular weight is 732 g/mol. The molecule has 3 N–H and O–H groups in total. The number of nitrogens with one attached hydrogen (secondary N) is 3. The van der Waals surface area contributed by atoms with Gasteiger partial charge in [-0.15, -0.1) is 0 Å². The third-order valence-electron chi connectivity index (χ3n) is 9.38. The Bertz CT molecular complexity index is 1780. The second kappa shape index (κ2) is 14.0. The Hall–Kier alpha value is -3.92. The van der Waals surface area contributed by atoms with Crippen molar-refractivity contribution in [2.45, 2.75) is 113 Å². The van der Waals surface area contributed by atoms with E-state index in [-0.39, 0.29) is 19.4 Å². The van der Waals surface area contributed by atoms with E-state index in [1.165, 1.54) is 16.2 Å². The molecular formula is C34H45N5O9S2. The van der Waals surface area contributed by atoms with Crippen molar-refractivity contribution in [3.8, 4) is 10.9 Å². The minimum Gasteiger partial charge on any atom is -0.497 e. The minimum atomic E-state index is -3.87. The lowest BCUT2D eigenvalue weighted by Gasteiger charge is -2.30. The van der Waals surface area contributed by atoms with Crippen LogP contribution in [0.5, 0.6) is 10.9 Å². The van der Waals surface area contributed by atoms with E-state index in [1.54, 1.807) is 33.9 Å². The SMILES string of the molecule is COc1ccc2nc(O[C@@H]3C[C@H]4C(=O)N[C@]5(C(=O)NS(=O)(=O)C6CC6)C[C@@H]5/C=C\CCCCC[C@H](NC(=O)OC(C)(C)C)C(=O)N4C3)sc2c1. The summed E-state index contributed by atoms with van der Waals surface area (Å²) in [6, 6.07) is 3.39. The number of carbonyl (C=O) groups excluding carboxylic acids is 4. The third kappa shape index (κ3) is 8.17. The molecule has 50 heavy (non-hydrogen) atoms. The Labute approximate surface area is 295 Å². The van der Waals surface area contributed by atoms with E-state index in [1.807, 2.05) is 24.3 Å². The maximum Gasteiger partial charge on any atom is 0.408 e. The van der Waals surface area contributed by atoms with Gasteiger partial charge in [0.15, 0.2) is 0 Å². The van der Waals surface area contributed by atoms with Crippen molar-refractivity contribution in [2.75, 3.05) is 13.7 Å². The molecule has 0 spiro atoms. The summed E-state index contributed by atoms with van der Waals surface area (Å²) in [4.78, 5) is 61.0. The van der Waals surface area contributed by atoms with Crippen molar-refractivity contribution in [1.29, 1.82) is 0 Å². The van der Waals surface area contributed by atoms with Crippen molar-refractivity contribution < 1.29 is 41.8 Å². The fourth-order valence-corrected chi connectivity index (χ4v) is 8.77. The molecule has 16 heteroatoms. The Morgan fingerprint density at radius 1 is 1.12 bits per heavy atom. The number of thiazole rings is 1. The van der Waals surface area contributed by atoms with Crippen LogP contribution in [0.2, 0.25) is 0 Å². The molecule has 5 atom stereocenters. The smallest absolute Gasteiger partial charge is 0.408 e. The van der Waals surface area contributed by atoms with Crippen LogP contribution in [0, 0.1) is 5.92 Å². The lowest BCUT2D eigenvalue weighted by Crippen LogP contribution is -2.58. The lowest BCUT2D eigenvalue weighted by molar-refractivity contribution is -0.141. The zero-order chi connectivity index (χ0) is 35.8. The summed E-state index contributed by atoms with van der Waals surface area (Å²) < 4.78 is 45.6. The van der Waals surface area contributed by atoms with Crippen LogP contribution in [0.3, 0.4) is 0 Å². The first kappa shape index (κ1) is 35.9. The Kier molecular flexibility index (Phi) is 10.1. The highest BCUT2D eigenvalue weighted by Crippen LogP contribution is 2.46. The Morgan fingerprint density at radius 3 is 2.62 bits per heavy atom. The first-order valence-electron chi connectivity index (χ1n) is 17.1. The number of sulfonamides is 1. The normalized spacial score (nSPS) is 28.3. The fourth-order valence-electron chi connectivity index (χ4n) is 6.50. The molecule has 2 aliphatic heterocycles. The predicted octanol–water partition coefficient (Wildman–Crippen LogP) is 3.55. The zero-order valence-corrected chi connectivity index (χ0v) is 30.4. The van der Waals surface area contributed by atoms with Gasteiger partial charge in [0.05, 0.1) is 29.1 Å². The molecule has 2 aromatic rings. The Balaban J connectivity index is 1.28. The van der Waals surface area contributed by atoms with Gasteiger partial charge in [0, 0.05) is 12.3 Å². The maximum atomic E-state index is 14.3. The molecule has 6 rings (SSSR count). The highest BCUT2D eigenvalue weighted by atomic mass is 32.2. The van der Waals surface area contributed by atoms with E-state index in [0.717, 1.165) is 17.5 Å². The summed E-state index contributed by atoms with van der Waals surface area (Å²) in [5, 5.41) is 5.33. The van der Waals surface area contributed by atoms with Crippen LogP contribution in [0.25, 0.3) is 10.2 Å². The molecule has 14 nitrogen and oxygen atoms in total. The zero-order valence-electron chi connectivity index (χ0n) is 28.7. The van der Waals surface area contributed by atoms with Crippen molar-refractivity contribution in [3.05, 3.63) is 30.4 Å². The van der Waals surface area contributed by atoms with Gasteiger partial charge in [-0.1, -0.05) is 36.3 Å². The largest absolute Gasteiger partial charge is 0.497 e. The number of aromatic nitrogens is 1. The van der Waals surface area contributed by atoms with Crippen molar-refractivity contribution >= 4 is 55.4 Å². The number of alkyl carbamates (subject to hydrolysis) is 1. The quantitative estimate of drug-likeness (QED) is 0.356. The molecule has 2 aliphatic carbocycles. The number of allylic oxidation sites excluding steroid dienone is 1. The molecule has 1 aromatic carbocycles. The second-order valence-corrected chi connectivity index (χ2v) is 17.5. The third-order valence-corrected chi connectivity index (χ3v) is 12.1. The van der Waals surface area contributed by atoms with Gasteiger partial charge in [-0.05, 0) is 77.5 Å². The number of methoxy groups -OCH3 is 1. The van der Waals surface area contributed by atoms with E-state index < -0.39 is 74.3 Å². The van der Waals surface area contributed by atoms with Crippen LogP contribution < -0.4 is 24.8 Å². The van der Waals surface area contributed by atoms with E-state index in [0.29, 0.717) is 48.6 Å². The van der Waals surface area contributed by atoms with Crippen molar-refractivity contribution in [1.82, 2.24) is 25.2 Å². The topological polar surface area (TPSA) is 182 Å². The molecule has 4 aliphatic rings. The molecule has 0 radical (unpaired) electrons. The molecule has 3 fully saturated rings. The monoisotopic (exact) mass is 731 g/mol. The van der Waals surface area contributed by atoms with Crippen LogP contribution >= 0.6 is 11.3 Å². The number of hydrogen-bond donors (Lipinski definition) is 3. The van der Waals surface area contributed by atoms with Crippen LogP contribution in [0.1, 0.15) is 78.6 Å². The molecule has 4 amide bonds. The number of benzene rings is 1. The first-order valence-corrected chi connectivity index (χ1v) is 19.5. The van der Waals surface area contributed by atoms with Crippen LogP contribution in [-0.2, 0) is 29.1 Å². The molecular weight excluding hydrogens is 687 g/mol.